The Morgan fingerprint density at radius 3 is 2.82 bits per heavy atom. The highest BCUT2D eigenvalue weighted by atomic mass is 32.2. The number of rotatable bonds is 3. The fourth-order valence-electron chi connectivity index (χ4n) is 2.13. The maximum atomic E-state index is 12.3. The summed E-state index contributed by atoms with van der Waals surface area (Å²) in [6.07, 6.45) is 2.83. The molecule has 2 heterocycles. The third-order valence-corrected chi connectivity index (χ3v) is 4.99. The van der Waals surface area contributed by atoms with Gasteiger partial charge in [-0.05, 0) is 31.9 Å². The molecule has 0 saturated carbocycles. The van der Waals surface area contributed by atoms with E-state index in [0.717, 1.165) is 19.3 Å². The van der Waals surface area contributed by atoms with Gasteiger partial charge in [0, 0.05) is 12.6 Å². The number of nitrogens with zero attached hydrogens (tertiary/aromatic N) is 1. The molecule has 1 N–H and O–H groups in total. The summed E-state index contributed by atoms with van der Waals surface area (Å²) >= 11 is 0. The first-order valence-corrected chi connectivity index (χ1v) is 7.21. The molecule has 17 heavy (non-hydrogen) atoms. The van der Waals surface area contributed by atoms with Gasteiger partial charge in [-0.2, -0.15) is 4.31 Å². The van der Waals surface area contributed by atoms with Crippen LogP contribution in [0.2, 0.25) is 0 Å². The van der Waals surface area contributed by atoms with Crippen LogP contribution in [0.3, 0.4) is 0 Å². The molecular weight excluding hydrogens is 242 g/mol. The zero-order valence-electron chi connectivity index (χ0n) is 9.80. The van der Waals surface area contributed by atoms with E-state index in [4.69, 9.17) is 9.52 Å². The van der Waals surface area contributed by atoms with E-state index < -0.39 is 10.0 Å². The zero-order chi connectivity index (χ0) is 12.5. The second-order valence-electron chi connectivity index (χ2n) is 4.34. The van der Waals surface area contributed by atoms with E-state index in [1.807, 2.05) is 6.92 Å². The minimum Gasteiger partial charge on any atom is -0.446 e. The first kappa shape index (κ1) is 12.6. The predicted octanol–water partition coefficient (Wildman–Crippen LogP) is 1.33. The van der Waals surface area contributed by atoms with Crippen molar-refractivity contribution in [3.8, 4) is 0 Å². The van der Waals surface area contributed by atoms with Crippen LogP contribution in [-0.2, 0) is 16.6 Å². The van der Waals surface area contributed by atoms with Crippen molar-refractivity contribution in [2.45, 2.75) is 43.9 Å². The van der Waals surface area contributed by atoms with E-state index >= 15 is 0 Å². The van der Waals surface area contributed by atoms with Crippen LogP contribution < -0.4 is 0 Å². The van der Waals surface area contributed by atoms with Gasteiger partial charge in [0.05, 0.1) is 0 Å². The van der Waals surface area contributed by atoms with E-state index in [0.29, 0.717) is 6.54 Å². The zero-order valence-corrected chi connectivity index (χ0v) is 10.6. The summed E-state index contributed by atoms with van der Waals surface area (Å²) in [4.78, 5) is 0. The Bertz CT molecular complexity index is 479. The molecule has 1 aliphatic heterocycles. The molecule has 1 aromatic heterocycles. The van der Waals surface area contributed by atoms with Crippen molar-refractivity contribution in [2.75, 3.05) is 6.54 Å². The molecule has 1 fully saturated rings. The van der Waals surface area contributed by atoms with E-state index in [1.165, 1.54) is 16.4 Å². The molecule has 1 aliphatic rings. The highest BCUT2D eigenvalue weighted by molar-refractivity contribution is 7.89. The van der Waals surface area contributed by atoms with E-state index in [1.54, 1.807) is 0 Å². The third kappa shape index (κ3) is 2.38. The van der Waals surface area contributed by atoms with Gasteiger partial charge in [0.2, 0.25) is 5.09 Å². The molecular formula is C11H17NO4S. The van der Waals surface area contributed by atoms with Gasteiger partial charge in [-0.25, -0.2) is 8.42 Å². The molecule has 0 amide bonds. The highest BCUT2D eigenvalue weighted by Crippen LogP contribution is 2.26. The maximum Gasteiger partial charge on any atom is 0.276 e. The lowest BCUT2D eigenvalue weighted by Gasteiger charge is -2.31. The Morgan fingerprint density at radius 1 is 1.47 bits per heavy atom. The largest absolute Gasteiger partial charge is 0.446 e. The standard InChI is InChI=1S/C11H17NO4S/c1-9-4-2-3-7-12(9)17(14,15)11-6-5-10(8-13)16-11/h5-6,9,13H,2-4,7-8H2,1H3. The Hall–Kier alpha value is -0.850. The van der Waals surface area contributed by atoms with Crippen LogP contribution in [0.5, 0.6) is 0 Å². The minimum atomic E-state index is -3.54. The number of aliphatic hydroxyl groups excluding tert-OH is 1. The van der Waals surface area contributed by atoms with Crippen molar-refractivity contribution in [3.63, 3.8) is 0 Å². The van der Waals surface area contributed by atoms with E-state index in [9.17, 15) is 8.42 Å². The molecule has 96 valence electrons. The van der Waals surface area contributed by atoms with Crippen molar-refractivity contribution in [3.05, 3.63) is 17.9 Å². The predicted molar refractivity (Wildman–Crippen MR) is 61.8 cm³/mol. The summed E-state index contributed by atoms with van der Waals surface area (Å²) in [5.41, 5.74) is 0. The van der Waals surface area contributed by atoms with Crippen molar-refractivity contribution in [1.82, 2.24) is 4.31 Å². The van der Waals surface area contributed by atoms with Crippen LogP contribution in [-0.4, -0.2) is 30.4 Å². The van der Waals surface area contributed by atoms with Crippen LogP contribution in [0.15, 0.2) is 21.6 Å². The summed E-state index contributed by atoms with van der Waals surface area (Å²) in [6, 6.07) is 2.90. The molecule has 6 heteroatoms. The molecule has 0 aliphatic carbocycles. The lowest BCUT2D eigenvalue weighted by molar-refractivity contribution is 0.229. The lowest BCUT2D eigenvalue weighted by atomic mass is 10.1. The highest BCUT2D eigenvalue weighted by Gasteiger charge is 2.33. The lowest BCUT2D eigenvalue weighted by Crippen LogP contribution is -2.41. The average Bonchev–Trinajstić information content (AvgIpc) is 2.78. The normalized spacial score (nSPS) is 22.8. The molecule has 1 atom stereocenters. The number of hydrogen-bond acceptors (Lipinski definition) is 4. The molecule has 5 nitrogen and oxygen atoms in total. The van der Waals surface area contributed by atoms with Crippen LogP contribution in [0, 0.1) is 0 Å². The quantitative estimate of drug-likeness (QED) is 0.889. The van der Waals surface area contributed by atoms with Crippen molar-refractivity contribution < 1.29 is 17.9 Å². The molecule has 0 bridgehead atoms. The number of aliphatic hydroxyl groups is 1. The van der Waals surface area contributed by atoms with Gasteiger partial charge >= 0.3 is 0 Å². The maximum absolute atomic E-state index is 12.3. The Kier molecular flexibility index (Phi) is 3.56. The number of sulfonamides is 1. The third-order valence-electron chi connectivity index (χ3n) is 3.10. The SMILES string of the molecule is CC1CCCCN1S(=O)(=O)c1ccc(CO)o1. The van der Waals surface area contributed by atoms with Crippen molar-refractivity contribution >= 4 is 10.0 Å². The molecule has 1 unspecified atom stereocenters. The van der Waals surface area contributed by atoms with Crippen molar-refractivity contribution in [2.24, 2.45) is 0 Å². The molecule has 0 spiro atoms. The monoisotopic (exact) mass is 259 g/mol. The molecule has 0 aromatic carbocycles. The summed E-state index contributed by atoms with van der Waals surface area (Å²) in [7, 11) is -3.54. The minimum absolute atomic E-state index is 0.0106. The molecule has 2 rings (SSSR count). The smallest absolute Gasteiger partial charge is 0.276 e. The fourth-order valence-corrected chi connectivity index (χ4v) is 3.76. The van der Waals surface area contributed by atoms with E-state index in [-0.39, 0.29) is 23.5 Å². The molecule has 0 radical (unpaired) electrons. The first-order valence-electron chi connectivity index (χ1n) is 5.77. The van der Waals surface area contributed by atoms with Gasteiger partial charge in [-0.1, -0.05) is 6.42 Å². The molecule has 1 aromatic rings. The van der Waals surface area contributed by atoms with E-state index in [2.05, 4.69) is 0 Å². The van der Waals surface area contributed by atoms with Crippen molar-refractivity contribution in [1.29, 1.82) is 0 Å². The summed E-state index contributed by atoms with van der Waals surface area (Å²) < 4.78 is 31.2. The Morgan fingerprint density at radius 2 is 2.24 bits per heavy atom. The second kappa shape index (κ2) is 4.80. The first-order chi connectivity index (χ1) is 8.05. The van der Waals surface area contributed by atoms with Gasteiger partial charge in [0.25, 0.3) is 10.0 Å². The second-order valence-corrected chi connectivity index (χ2v) is 6.16. The molecule has 1 saturated heterocycles. The summed E-state index contributed by atoms with van der Waals surface area (Å²) in [5, 5.41) is 8.80. The average molecular weight is 259 g/mol. The van der Waals surface area contributed by atoms with Crippen LogP contribution in [0.1, 0.15) is 31.9 Å². The van der Waals surface area contributed by atoms with Gasteiger partial charge in [-0.3, -0.25) is 0 Å². The topological polar surface area (TPSA) is 70.8 Å². The van der Waals surface area contributed by atoms with Gasteiger partial charge in [-0.15, -0.1) is 0 Å². The van der Waals surface area contributed by atoms with Gasteiger partial charge in [0.15, 0.2) is 0 Å². The van der Waals surface area contributed by atoms with Gasteiger partial charge < -0.3 is 9.52 Å². The number of piperidine rings is 1. The number of furan rings is 1. The summed E-state index contributed by atoms with van der Waals surface area (Å²) in [6.45, 7) is 2.16. The van der Waals surface area contributed by atoms with Crippen LogP contribution in [0.4, 0.5) is 0 Å². The van der Waals surface area contributed by atoms with Crippen LogP contribution in [0.25, 0.3) is 0 Å². The fraction of sp³-hybridized carbons (Fsp3) is 0.636. The summed E-state index contributed by atoms with van der Waals surface area (Å²) in [5.74, 6) is 0.272. The number of hydrogen-bond donors (Lipinski definition) is 1. The van der Waals surface area contributed by atoms with Gasteiger partial charge in [0.1, 0.15) is 12.4 Å². The Labute approximate surface area is 101 Å². The van der Waals surface area contributed by atoms with Crippen LogP contribution >= 0.6 is 0 Å². The Balaban J connectivity index is 2.28.